The topological polar surface area (TPSA) is 33.6 Å². The molecule has 0 atom stereocenters. The number of aromatic nitrogens is 3. The Balaban J connectivity index is 2.28. The van der Waals surface area contributed by atoms with Crippen LogP contribution < -0.4 is 0 Å². The summed E-state index contributed by atoms with van der Waals surface area (Å²) in [4.78, 5) is 7.94. The van der Waals surface area contributed by atoms with Crippen molar-refractivity contribution >= 4 is 11.0 Å². The van der Waals surface area contributed by atoms with E-state index < -0.39 is 0 Å². The van der Waals surface area contributed by atoms with Gasteiger partial charge in [0.25, 0.3) is 0 Å². The van der Waals surface area contributed by atoms with Crippen LogP contribution in [-0.4, -0.2) is 14.5 Å². The van der Waals surface area contributed by atoms with E-state index in [0.717, 1.165) is 28.2 Å². The van der Waals surface area contributed by atoms with Gasteiger partial charge in [-0.05, 0) is 31.2 Å². The number of nitrogens with zero attached hydrogens (tertiary/aromatic N) is 2. The second kappa shape index (κ2) is 3.23. The Morgan fingerprint density at radius 1 is 1.12 bits per heavy atom. The monoisotopic (exact) mass is 211 g/mol. The number of nitrogens with one attached hydrogen (secondary N) is 1. The van der Waals surface area contributed by atoms with E-state index in [9.17, 15) is 0 Å². The number of aromatic amines is 1. The van der Waals surface area contributed by atoms with Gasteiger partial charge >= 0.3 is 0 Å². The zero-order chi connectivity index (χ0) is 11.1. The highest BCUT2D eigenvalue weighted by molar-refractivity contribution is 5.79. The minimum Gasteiger partial charge on any atom is -0.356 e. The van der Waals surface area contributed by atoms with Crippen LogP contribution in [0.15, 0.2) is 36.4 Å². The minimum absolute atomic E-state index is 0.981. The van der Waals surface area contributed by atoms with Crippen LogP contribution in [0, 0.1) is 6.92 Å². The van der Waals surface area contributed by atoms with Gasteiger partial charge in [-0.1, -0.05) is 12.1 Å². The van der Waals surface area contributed by atoms with Gasteiger partial charge in [-0.2, -0.15) is 0 Å². The highest BCUT2D eigenvalue weighted by Crippen LogP contribution is 2.22. The van der Waals surface area contributed by atoms with Gasteiger partial charge in [0, 0.05) is 12.7 Å². The van der Waals surface area contributed by atoms with E-state index >= 15 is 0 Å². The third kappa shape index (κ3) is 1.25. The van der Waals surface area contributed by atoms with Crippen molar-refractivity contribution in [1.82, 2.24) is 14.5 Å². The fourth-order valence-corrected chi connectivity index (χ4v) is 2.02. The molecule has 3 heteroatoms. The Kier molecular flexibility index (Phi) is 1.86. The first-order valence-electron chi connectivity index (χ1n) is 5.33. The van der Waals surface area contributed by atoms with Gasteiger partial charge in [-0.15, -0.1) is 0 Å². The molecule has 3 rings (SSSR count). The molecule has 3 nitrogen and oxygen atoms in total. The van der Waals surface area contributed by atoms with Crippen molar-refractivity contribution in [2.45, 2.75) is 6.92 Å². The standard InChI is InChI=1S/C13H13N3/c1-9-7-8-11(14-9)13-15-10-5-3-4-6-12(10)16(13)2/h3-8,14H,1-2H3. The molecule has 80 valence electrons. The van der Waals surface area contributed by atoms with Crippen molar-refractivity contribution in [2.24, 2.45) is 7.05 Å². The van der Waals surface area contributed by atoms with Gasteiger partial charge in [-0.25, -0.2) is 4.98 Å². The predicted octanol–water partition coefficient (Wildman–Crippen LogP) is 2.88. The molecule has 1 N–H and O–H groups in total. The number of rotatable bonds is 1. The summed E-state index contributed by atoms with van der Waals surface area (Å²) >= 11 is 0. The van der Waals surface area contributed by atoms with Crippen molar-refractivity contribution < 1.29 is 0 Å². The molecule has 0 spiro atoms. The molecular formula is C13H13N3. The van der Waals surface area contributed by atoms with Gasteiger partial charge in [0.2, 0.25) is 0 Å². The van der Waals surface area contributed by atoms with E-state index in [1.807, 2.05) is 32.2 Å². The first-order chi connectivity index (χ1) is 7.75. The van der Waals surface area contributed by atoms with E-state index in [0.29, 0.717) is 0 Å². The van der Waals surface area contributed by atoms with Crippen molar-refractivity contribution in [2.75, 3.05) is 0 Å². The zero-order valence-corrected chi connectivity index (χ0v) is 9.36. The molecule has 0 saturated heterocycles. The van der Waals surface area contributed by atoms with Crippen LogP contribution in [0.2, 0.25) is 0 Å². The number of imidazole rings is 1. The molecule has 0 unspecified atom stereocenters. The van der Waals surface area contributed by atoms with E-state index in [4.69, 9.17) is 0 Å². The van der Waals surface area contributed by atoms with E-state index in [-0.39, 0.29) is 0 Å². The molecule has 16 heavy (non-hydrogen) atoms. The average Bonchev–Trinajstić information content (AvgIpc) is 2.84. The first-order valence-corrected chi connectivity index (χ1v) is 5.33. The van der Waals surface area contributed by atoms with Crippen LogP contribution in [0.1, 0.15) is 5.69 Å². The maximum absolute atomic E-state index is 4.63. The Labute approximate surface area is 93.7 Å². The van der Waals surface area contributed by atoms with Crippen molar-refractivity contribution in [3.63, 3.8) is 0 Å². The maximum atomic E-state index is 4.63. The van der Waals surface area contributed by atoms with Crippen molar-refractivity contribution in [3.05, 3.63) is 42.1 Å². The molecule has 1 aromatic carbocycles. The summed E-state index contributed by atoms with van der Waals surface area (Å²) in [6.07, 6.45) is 0. The minimum atomic E-state index is 0.981. The largest absolute Gasteiger partial charge is 0.356 e. The lowest BCUT2D eigenvalue weighted by molar-refractivity contribution is 0.951. The third-order valence-corrected chi connectivity index (χ3v) is 2.86. The average molecular weight is 211 g/mol. The molecule has 0 radical (unpaired) electrons. The lowest BCUT2D eigenvalue weighted by atomic mass is 10.3. The van der Waals surface area contributed by atoms with Crippen molar-refractivity contribution in [3.8, 4) is 11.5 Å². The van der Waals surface area contributed by atoms with Gasteiger partial charge in [0.1, 0.15) is 0 Å². The number of aryl methyl sites for hydroxylation is 2. The smallest absolute Gasteiger partial charge is 0.157 e. The van der Waals surface area contributed by atoms with Crippen LogP contribution in [0.3, 0.4) is 0 Å². The Bertz CT molecular complexity index is 646. The zero-order valence-electron chi connectivity index (χ0n) is 9.36. The number of fused-ring (bicyclic) bond motifs is 1. The van der Waals surface area contributed by atoms with Crippen LogP contribution in [0.5, 0.6) is 0 Å². The fraction of sp³-hybridized carbons (Fsp3) is 0.154. The van der Waals surface area contributed by atoms with Crippen LogP contribution in [0.25, 0.3) is 22.6 Å². The number of H-pyrrole nitrogens is 1. The summed E-state index contributed by atoms with van der Waals surface area (Å²) in [7, 11) is 2.04. The predicted molar refractivity (Wildman–Crippen MR) is 65.2 cm³/mol. The fourth-order valence-electron chi connectivity index (χ4n) is 2.02. The van der Waals surface area contributed by atoms with Crippen LogP contribution in [-0.2, 0) is 7.05 Å². The van der Waals surface area contributed by atoms with E-state index in [1.54, 1.807) is 0 Å². The van der Waals surface area contributed by atoms with Crippen LogP contribution in [0.4, 0.5) is 0 Å². The lowest BCUT2D eigenvalue weighted by Gasteiger charge is -1.99. The lowest BCUT2D eigenvalue weighted by Crippen LogP contribution is -1.92. The molecule has 2 aromatic heterocycles. The first kappa shape index (κ1) is 9.21. The normalized spacial score (nSPS) is 11.1. The summed E-state index contributed by atoms with van der Waals surface area (Å²) < 4.78 is 2.11. The Morgan fingerprint density at radius 2 is 1.94 bits per heavy atom. The second-order valence-electron chi connectivity index (χ2n) is 4.04. The summed E-state index contributed by atoms with van der Waals surface area (Å²) in [5.41, 5.74) is 4.41. The third-order valence-electron chi connectivity index (χ3n) is 2.86. The summed E-state index contributed by atoms with van der Waals surface area (Å²) in [5, 5.41) is 0. The highest BCUT2D eigenvalue weighted by atomic mass is 15.1. The number of benzene rings is 1. The summed E-state index contributed by atoms with van der Waals surface area (Å²) in [6.45, 7) is 2.05. The van der Waals surface area contributed by atoms with Gasteiger partial charge in [0.05, 0.1) is 16.7 Å². The second-order valence-corrected chi connectivity index (χ2v) is 4.04. The molecule has 0 bridgehead atoms. The Morgan fingerprint density at radius 3 is 2.62 bits per heavy atom. The number of hydrogen-bond donors (Lipinski definition) is 1. The van der Waals surface area contributed by atoms with Crippen molar-refractivity contribution in [1.29, 1.82) is 0 Å². The van der Waals surface area contributed by atoms with E-state index in [1.165, 1.54) is 0 Å². The molecule has 0 amide bonds. The van der Waals surface area contributed by atoms with Crippen LogP contribution >= 0.6 is 0 Å². The quantitative estimate of drug-likeness (QED) is 0.659. The summed E-state index contributed by atoms with van der Waals surface area (Å²) in [6, 6.07) is 12.3. The molecule has 0 aliphatic heterocycles. The molecule has 0 fully saturated rings. The van der Waals surface area contributed by atoms with Gasteiger partial charge in [0.15, 0.2) is 5.82 Å². The molecule has 3 aromatic rings. The molecule has 0 aliphatic carbocycles. The highest BCUT2D eigenvalue weighted by Gasteiger charge is 2.09. The number of para-hydroxylation sites is 2. The Hall–Kier alpha value is -2.03. The van der Waals surface area contributed by atoms with E-state index in [2.05, 4.69) is 32.7 Å². The number of hydrogen-bond acceptors (Lipinski definition) is 1. The summed E-state index contributed by atoms with van der Waals surface area (Å²) in [5.74, 6) is 0.981. The molecule has 0 saturated carbocycles. The van der Waals surface area contributed by atoms with Gasteiger partial charge in [-0.3, -0.25) is 0 Å². The maximum Gasteiger partial charge on any atom is 0.157 e. The van der Waals surface area contributed by atoms with Gasteiger partial charge < -0.3 is 9.55 Å². The molecule has 2 heterocycles. The SMILES string of the molecule is Cc1ccc(-c2nc3ccccc3n2C)[nH]1. The molecule has 0 aliphatic rings. The molecular weight excluding hydrogens is 198 g/mol.